The highest BCUT2D eigenvalue weighted by Crippen LogP contribution is 2.28. The van der Waals surface area contributed by atoms with Crippen LogP contribution in [0, 0.1) is 30.6 Å². The van der Waals surface area contributed by atoms with Gasteiger partial charge < -0.3 is 4.90 Å². The number of carbonyl (C=O) groups excluding carboxylic acids is 2. The summed E-state index contributed by atoms with van der Waals surface area (Å²) in [5.41, 5.74) is 1.72. The molecular formula is C17H24N4O2. The van der Waals surface area contributed by atoms with Gasteiger partial charge in [0, 0.05) is 31.7 Å². The number of piperidine rings is 1. The predicted molar refractivity (Wildman–Crippen MR) is 85.9 cm³/mol. The van der Waals surface area contributed by atoms with Crippen molar-refractivity contribution in [3.05, 3.63) is 17.0 Å². The number of hydrogen-bond acceptors (Lipinski definition) is 4. The highest BCUT2D eigenvalue weighted by molar-refractivity contribution is 5.96. The minimum atomic E-state index is -0.437. The summed E-state index contributed by atoms with van der Waals surface area (Å²) in [6.07, 6.45) is 2.04. The van der Waals surface area contributed by atoms with Crippen molar-refractivity contribution in [1.29, 1.82) is 5.26 Å². The van der Waals surface area contributed by atoms with E-state index in [1.807, 2.05) is 20.8 Å². The standard InChI is InChI=1S/C17H24N4O2/c1-12-16(14(3)22)13(2)21(19-12)9-6-15(23)20-8-5-7-17(4,10-18)11-20/h5-9,11H2,1-4H3/t17-/m1/s1. The molecule has 0 aliphatic carbocycles. The third-order valence-electron chi connectivity index (χ3n) is 4.59. The summed E-state index contributed by atoms with van der Waals surface area (Å²) in [6, 6.07) is 2.32. The highest BCUT2D eigenvalue weighted by atomic mass is 16.2. The molecule has 1 aliphatic heterocycles. The molecule has 1 fully saturated rings. The molecule has 0 unspecified atom stereocenters. The normalized spacial score (nSPS) is 21.1. The predicted octanol–water partition coefficient (Wildman–Crippen LogP) is 2.24. The Labute approximate surface area is 137 Å². The van der Waals surface area contributed by atoms with Crippen molar-refractivity contribution in [2.45, 2.75) is 53.5 Å². The summed E-state index contributed by atoms with van der Waals surface area (Å²) in [6.45, 7) is 8.78. The fraction of sp³-hybridized carbons (Fsp3) is 0.647. The van der Waals surface area contributed by atoms with Crippen LogP contribution in [0.5, 0.6) is 0 Å². The average Bonchev–Trinajstić information content (AvgIpc) is 2.79. The Hall–Kier alpha value is -2.16. The molecule has 1 atom stereocenters. The van der Waals surface area contributed by atoms with Gasteiger partial charge >= 0.3 is 0 Å². The van der Waals surface area contributed by atoms with Crippen molar-refractivity contribution in [2.24, 2.45) is 5.41 Å². The molecule has 2 rings (SSSR count). The van der Waals surface area contributed by atoms with Crippen LogP contribution in [0.1, 0.15) is 54.9 Å². The Morgan fingerprint density at radius 2 is 2.09 bits per heavy atom. The van der Waals surface area contributed by atoms with Gasteiger partial charge in [-0.2, -0.15) is 10.4 Å². The van der Waals surface area contributed by atoms with Crippen LogP contribution in [0.4, 0.5) is 0 Å². The number of ketones is 1. The zero-order valence-electron chi connectivity index (χ0n) is 14.3. The van der Waals surface area contributed by atoms with E-state index in [0.717, 1.165) is 18.5 Å². The molecule has 0 radical (unpaired) electrons. The fourth-order valence-electron chi connectivity index (χ4n) is 3.33. The van der Waals surface area contributed by atoms with Crippen LogP contribution in [0.2, 0.25) is 0 Å². The van der Waals surface area contributed by atoms with Crippen LogP contribution in [0.3, 0.4) is 0 Å². The average molecular weight is 316 g/mol. The first-order valence-electron chi connectivity index (χ1n) is 8.01. The molecule has 6 nitrogen and oxygen atoms in total. The Kier molecular flexibility index (Phi) is 4.88. The van der Waals surface area contributed by atoms with Crippen LogP contribution in [0.15, 0.2) is 0 Å². The topological polar surface area (TPSA) is 79.0 Å². The Balaban J connectivity index is 2.01. The lowest BCUT2D eigenvalue weighted by Crippen LogP contribution is -2.44. The van der Waals surface area contributed by atoms with Crippen LogP contribution in [-0.2, 0) is 11.3 Å². The van der Waals surface area contributed by atoms with E-state index >= 15 is 0 Å². The quantitative estimate of drug-likeness (QED) is 0.798. The maximum absolute atomic E-state index is 12.4. The Morgan fingerprint density at radius 1 is 1.39 bits per heavy atom. The molecule has 0 bridgehead atoms. The van der Waals surface area contributed by atoms with Gasteiger partial charge in [-0.3, -0.25) is 14.3 Å². The third-order valence-corrected chi connectivity index (χ3v) is 4.59. The maximum atomic E-state index is 12.4. The second kappa shape index (κ2) is 6.53. The van der Waals surface area contributed by atoms with E-state index in [1.54, 1.807) is 9.58 Å². The van der Waals surface area contributed by atoms with E-state index in [2.05, 4.69) is 11.2 Å². The zero-order chi connectivity index (χ0) is 17.2. The van der Waals surface area contributed by atoms with Crippen molar-refractivity contribution in [3.8, 4) is 6.07 Å². The second-order valence-electron chi connectivity index (χ2n) is 6.67. The molecule has 0 spiro atoms. The molecule has 0 aromatic carbocycles. The molecule has 1 aliphatic rings. The van der Waals surface area contributed by atoms with Crippen LogP contribution >= 0.6 is 0 Å². The first-order chi connectivity index (χ1) is 10.8. The van der Waals surface area contributed by atoms with Gasteiger partial charge in [0.1, 0.15) is 0 Å². The van der Waals surface area contributed by atoms with Gasteiger partial charge in [0.15, 0.2) is 5.78 Å². The fourth-order valence-corrected chi connectivity index (χ4v) is 3.33. The van der Waals surface area contributed by atoms with E-state index in [4.69, 9.17) is 0 Å². The van der Waals surface area contributed by atoms with Crippen molar-refractivity contribution in [3.63, 3.8) is 0 Å². The van der Waals surface area contributed by atoms with Gasteiger partial charge in [-0.25, -0.2) is 0 Å². The molecule has 1 saturated heterocycles. The van der Waals surface area contributed by atoms with Crippen molar-refractivity contribution < 1.29 is 9.59 Å². The number of carbonyl (C=O) groups is 2. The number of hydrogen-bond donors (Lipinski definition) is 0. The van der Waals surface area contributed by atoms with Gasteiger partial charge in [-0.15, -0.1) is 0 Å². The molecule has 124 valence electrons. The SMILES string of the molecule is CC(=O)c1c(C)nn(CCC(=O)N2CCC[C@](C)(C#N)C2)c1C. The van der Waals surface area contributed by atoms with E-state index in [1.165, 1.54) is 6.92 Å². The van der Waals surface area contributed by atoms with Crippen LogP contribution in [0.25, 0.3) is 0 Å². The lowest BCUT2D eigenvalue weighted by molar-refractivity contribution is -0.134. The summed E-state index contributed by atoms with van der Waals surface area (Å²) in [4.78, 5) is 25.8. The zero-order valence-corrected chi connectivity index (χ0v) is 14.3. The molecule has 1 aromatic rings. The molecular weight excluding hydrogens is 292 g/mol. The van der Waals surface area contributed by atoms with E-state index in [9.17, 15) is 14.9 Å². The van der Waals surface area contributed by atoms with Crippen molar-refractivity contribution >= 4 is 11.7 Å². The van der Waals surface area contributed by atoms with Gasteiger partial charge in [-0.05, 0) is 40.5 Å². The summed E-state index contributed by atoms with van der Waals surface area (Å²) < 4.78 is 1.73. The summed E-state index contributed by atoms with van der Waals surface area (Å²) in [7, 11) is 0. The molecule has 1 amide bonds. The minimum Gasteiger partial charge on any atom is -0.341 e. The monoisotopic (exact) mass is 316 g/mol. The molecule has 0 N–H and O–H groups in total. The summed E-state index contributed by atoms with van der Waals surface area (Å²) in [5.74, 6) is 0.0431. The number of likely N-dealkylation sites (tertiary alicyclic amines) is 1. The number of nitriles is 1. The summed E-state index contributed by atoms with van der Waals surface area (Å²) in [5, 5.41) is 13.6. The number of aryl methyl sites for hydroxylation is 2. The molecule has 23 heavy (non-hydrogen) atoms. The Bertz CT molecular complexity index is 671. The van der Waals surface area contributed by atoms with Gasteiger partial charge in [0.25, 0.3) is 0 Å². The van der Waals surface area contributed by atoms with Crippen LogP contribution < -0.4 is 0 Å². The van der Waals surface area contributed by atoms with E-state index in [-0.39, 0.29) is 11.7 Å². The number of aromatic nitrogens is 2. The molecule has 2 heterocycles. The first-order valence-corrected chi connectivity index (χ1v) is 8.01. The first kappa shape index (κ1) is 17.2. The van der Waals surface area contributed by atoms with E-state index < -0.39 is 5.41 Å². The Morgan fingerprint density at radius 3 is 2.65 bits per heavy atom. The molecule has 0 saturated carbocycles. The largest absolute Gasteiger partial charge is 0.341 e. The van der Waals surface area contributed by atoms with Crippen molar-refractivity contribution in [1.82, 2.24) is 14.7 Å². The smallest absolute Gasteiger partial charge is 0.224 e. The van der Waals surface area contributed by atoms with E-state index in [0.29, 0.717) is 37.3 Å². The minimum absolute atomic E-state index is 0.00149. The van der Waals surface area contributed by atoms with Crippen LogP contribution in [-0.4, -0.2) is 39.5 Å². The van der Waals surface area contributed by atoms with Gasteiger partial charge in [0.05, 0.1) is 22.7 Å². The number of nitrogens with zero attached hydrogens (tertiary/aromatic N) is 4. The number of rotatable bonds is 4. The second-order valence-corrected chi connectivity index (χ2v) is 6.67. The highest BCUT2D eigenvalue weighted by Gasteiger charge is 2.33. The number of amides is 1. The lowest BCUT2D eigenvalue weighted by atomic mass is 9.83. The van der Waals surface area contributed by atoms with Gasteiger partial charge in [0.2, 0.25) is 5.91 Å². The summed E-state index contributed by atoms with van der Waals surface area (Å²) >= 11 is 0. The van der Waals surface area contributed by atoms with Crippen molar-refractivity contribution in [2.75, 3.05) is 13.1 Å². The molecule has 1 aromatic heterocycles. The molecule has 6 heteroatoms. The number of Topliss-reactive ketones (excluding diaryl/α,β-unsaturated/α-hetero) is 1. The van der Waals surface area contributed by atoms with Gasteiger partial charge in [-0.1, -0.05) is 0 Å². The lowest BCUT2D eigenvalue weighted by Gasteiger charge is -2.36. The third kappa shape index (κ3) is 3.61. The maximum Gasteiger partial charge on any atom is 0.224 e.